The second kappa shape index (κ2) is 3.97. The number of pyridine rings is 1. The number of nitrogens with one attached hydrogen (secondary N) is 1. The Morgan fingerprint density at radius 2 is 2.42 bits per heavy atom. The molecule has 0 aliphatic rings. The zero-order chi connectivity index (χ0) is 8.97. The molecule has 64 valence electrons. The maximum atomic E-state index is 5.55. The van der Waals surface area contributed by atoms with Gasteiger partial charge in [0.05, 0.1) is 6.54 Å². The van der Waals surface area contributed by atoms with Crippen molar-refractivity contribution in [3.63, 3.8) is 0 Å². The van der Waals surface area contributed by atoms with Gasteiger partial charge in [0, 0.05) is 5.03 Å². The summed E-state index contributed by atoms with van der Waals surface area (Å²) in [6.45, 7) is 4.03. The van der Waals surface area contributed by atoms with E-state index in [9.17, 15) is 0 Å². The number of nitrogens with zero attached hydrogens (tertiary/aromatic N) is 1. The minimum Gasteiger partial charge on any atom is -0.384 e. The molecular weight excluding hydrogens is 174 g/mol. The van der Waals surface area contributed by atoms with Gasteiger partial charge in [0.1, 0.15) is 11.6 Å². The van der Waals surface area contributed by atoms with Gasteiger partial charge >= 0.3 is 0 Å². The molecule has 3 N–H and O–H groups in total. The third-order valence-electron chi connectivity index (χ3n) is 1.23. The number of aromatic nitrogens is 1. The number of halogens is 1. The van der Waals surface area contributed by atoms with Crippen molar-refractivity contribution in [1.82, 2.24) is 4.98 Å². The standard InChI is InChI=1S/C8H10ClN3/c1-6(9)5-11-8-4-2-3-7(10)12-8/h2-4H,1,5H2,(H3,10,11,12). The highest BCUT2D eigenvalue weighted by Crippen LogP contribution is 2.06. The minimum atomic E-state index is 0.486. The Bertz CT molecular complexity index is 285. The van der Waals surface area contributed by atoms with Gasteiger partial charge in [0.2, 0.25) is 0 Å². The zero-order valence-electron chi connectivity index (χ0n) is 6.55. The van der Waals surface area contributed by atoms with E-state index in [1.165, 1.54) is 0 Å². The predicted molar refractivity (Wildman–Crippen MR) is 52.1 cm³/mol. The number of nitrogens with two attached hydrogens (primary N) is 1. The van der Waals surface area contributed by atoms with Gasteiger partial charge in [0.25, 0.3) is 0 Å². The molecule has 1 aromatic heterocycles. The van der Waals surface area contributed by atoms with Crippen molar-refractivity contribution in [1.29, 1.82) is 0 Å². The molecule has 1 heterocycles. The molecular formula is C8H10ClN3. The Labute approximate surface area is 76.2 Å². The molecule has 0 unspecified atom stereocenters. The number of nitrogen functional groups attached to an aromatic ring is 1. The third-order valence-corrected chi connectivity index (χ3v) is 1.37. The lowest BCUT2D eigenvalue weighted by Gasteiger charge is -2.03. The van der Waals surface area contributed by atoms with Gasteiger partial charge < -0.3 is 11.1 Å². The molecule has 0 aliphatic carbocycles. The second-order valence-corrected chi connectivity index (χ2v) is 2.85. The van der Waals surface area contributed by atoms with E-state index in [0.29, 0.717) is 23.2 Å². The molecule has 1 aromatic rings. The summed E-state index contributed by atoms with van der Waals surface area (Å²) in [5.74, 6) is 1.19. The van der Waals surface area contributed by atoms with Crippen molar-refractivity contribution < 1.29 is 0 Å². The van der Waals surface area contributed by atoms with E-state index in [0.717, 1.165) is 0 Å². The van der Waals surface area contributed by atoms with Gasteiger partial charge in [-0.2, -0.15) is 0 Å². The summed E-state index contributed by atoms with van der Waals surface area (Å²) in [6, 6.07) is 5.36. The predicted octanol–water partition coefficient (Wildman–Crippen LogP) is 1.83. The van der Waals surface area contributed by atoms with Gasteiger partial charge in [-0.05, 0) is 12.1 Å². The first-order chi connectivity index (χ1) is 5.68. The molecule has 12 heavy (non-hydrogen) atoms. The fourth-order valence-electron chi connectivity index (χ4n) is 0.736. The van der Waals surface area contributed by atoms with E-state index in [4.69, 9.17) is 17.3 Å². The monoisotopic (exact) mass is 183 g/mol. The fourth-order valence-corrected chi connectivity index (χ4v) is 0.803. The Balaban J connectivity index is 2.57. The average molecular weight is 184 g/mol. The van der Waals surface area contributed by atoms with Crippen LogP contribution in [0.15, 0.2) is 29.8 Å². The van der Waals surface area contributed by atoms with Crippen LogP contribution >= 0.6 is 11.6 Å². The molecule has 0 amide bonds. The van der Waals surface area contributed by atoms with Crippen molar-refractivity contribution in [2.24, 2.45) is 0 Å². The number of hydrogen-bond acceptors (Lipinski definition) is 3. The number of anilines is 2. The summed E-state index contributed by atoms with van der Waals surface area (Å²) < 4.78 is 0. The van der Waals surface area contributed by atoms with Gasteiger partial charge in [-0.25, -0.2) is 4.98 Å². The Morgan fingerprint density at radius 3 is 3.00 bits per heavy atom. The Morgan fingerprint density at radius 1 is 1.67 bits per heavy atom. The fraction of sp³-hybridized carbons (Fsp3) is 0.125. The molecule has 0 bridgehead atoms. The first-order valence-electron chi connectivity index (χ1n) is 3.48. The van der Waals surface area contributed by atoms with Crippen LogP contribution in [0, 0.1) is 0 Å². The van der Waals surface area contributed by atoms with Crippen LogP contribution in [0.1, 0.15) is 0 Å². The lowest BCUT2D eigenvalue weighted by atomic mass is 10.4. The highest BCUT2D eigenvalue weighted by molar-refractivity contribution is 6.29. The molecule has 4 heteroatoms. The molecule has 0 aromatic carbocycles. The SMILES string of the molecule is C=C(Cl)CNc1cccc(N)n1. The van der Waals surface area contributed by atoms with Crippen LogP contribution in [0.2, 0.25) is 0 Å². The lowest BCUT2D eigenvalue weighted by molar-refractivity contribution is 1.22. The van der Waals surface area contributed by atoms with Gasteiger partial charge in [-0.1, -0.05) is 24.2 Å². The lowest BCUT2D eigenvalue weighted by Crippen LogP contribution is -2.03. The molecule has 0 saturated heterocycles. The third kappa shape index (κ3) is 2.80. The van der Waals surface area contributed by atoms with Crippen LogP contribution in [0.4, 0.5) is 11.6 Å². The van der Waals surface area contributed by atoms with Crippen LogP contribution in [-0.2, 0) is 0 Å². The Kier molecular flexibility index (Phi) is 2.94. The van der Waals surface area contributed by atoms with Crippen molar-refractivity contribution in [2.75, 3.05) is 17.6 Å². The van der Waals surface area contributed by atoms with E-state index >= 15 is 0 Å². The smallest absolute Gasteiger partial charge is 0.128 e. The van der Waals surface area contributed by atoms with Gasteiger partial charge in [0.15, 0.2) is 0 Å². The van der Waals surface area contributed by atoms with Gasteiger partial charge in [-0.3, -0.25) is 0 Å². The number of rotatable bonds is 3. The summed E-state index contributed by atoms with van der Waals surface area (Å²) in [5, 5.41) is 3.50. The summed E-state index contributed by atoms with van der Waals surface area (Å²) in [6.07, 6.45) is 0. The van der Waals surface area contributed by atoms with Crippen molar-refractivity contribution in [3.05, 3.63) is 29.8 Å². The zero-order valence-corrected chi connectivity index (χ0v) is 7.30. The maximum absolute atomic E-state index is 5.55. The topological polar surface area (TPSA) is 50.9 Å². The van der Waals surface area contributed by atoms with E-state index in [1.54, 1.807) is 6.07 Å². The second-order valence-electron chi connectivity index (χ2n) is 2.32. The highest BCUT2D eigenvalue weighted by Gasteiger charge is 1.93. The van der Waals surface area contributed by atoms with E-state index < -0.39 is 0 Å². The van der Waals surface area contributed by atoms with Crippen molar-refractivity contribution >= 4 is 23.2 Å². The molecule has 3 nitrogen and oxygen atoms in total. The van der Waals surface area contributed by atoms with Crippen LogP contribution < -0.4 is 11.1 Å². The number of hydrogen-bond donors (Lipinski definition) is 2. The molecule has 0 aliphatic heterocycles. The first-order valence-corrected chi connectivity index (χ1v) is 3.86. The Hall–Kier alpha value is -1.22. The quantitative estimate of drug-likeness (QED) is 0.752. The van der Waals surface area contributed by atoms with Crippen molar-refractivity contribution in [3.8, 4) is 0 Å². The molecule has 0 fully saturated rings. The summed E-state index contributed by atoms with van der Waals surface area (Å²) in [7, 11) is 0. The van der Waals surface area contributed by atoms with E-state index in [1.807, 2.05) is 12.1 Å². The molecule has 0 radical (unpaired) electrons. The molecule has 0 spiro atoms. The van der Waals surface area contributed by atoms with Crippen LogP contribution in [0.3, 0.4) is 0 Å². The normalized spacial score (nSPS) is 9.42. The van der Waals surface area contributed by atoms with E-state index in [-0.39, 0.29) is 0 Å². The summed E-state index contributed by atoms with van der Waals surface area (Å²) >= 11 is 5.55. The average Bonchev–Trinajstić information content (AvgIpc) is 2.01. The van der Waals surface area contributed by atoms with Crippen LogP contribution in [0.25, 0.3) is 0 Å². The summed E-state index contributed by atoms with van der Waals surface area (Å²) in [5.41, 5.74) is 5.46. The first kappa shape index (κ1) is 8.87. The largest absolute Gasteiger partial charge is 0.384 e. The molecule has 0 atom stereocenters. The summed E-state index contributed by atoms with van der Waals surface area (Å²) in [4.78, 5) is 4.01. The molecule has 0 saturated carbocycles. The maximum Gasteiger partial charge on any atom is 0.128 e. The van der Waals surface area contributed by atoms with E-state index in [2.05, 4.69) is 16.9 Å². The van der Waals surface area contributed by atoms with Crippen LogP contribution in [0.5, 0.6) is 0 Å². The van der Waals surface area contributed by atoms with Crippen molar-refractivity contribution in [2.45, 2.75) is 0 Å². The van der Waals surface area contributed by atoms with Gasteiger partial charge in [-0.15, -0.1) is 0 Å². The minimum absolute atomic E-state index is 0.486. The molecule has 1 rings (SSSR count). The van der Waals surface area contributed by atoms with Crippen LogP contribution in [-0.4, -0.2) is 11.5 Å². The highest BCUT2D eigenvalue weighted by atomic mass is 35.5.